The van der Waals surface area contributed by atoms with Gasteiger partial charge in [-0.2, -0.15) is 23.4 Å². The van der Waals surface area contributed by atoms with Crippen LogP contribution in [0, 0.1) is 0 Å². The first-order valence-electron chi connectivity index (χ1n) is 10.5. The van der Waals surface area contributed by atoms with Crippen LogP contribution in [0.4, 0.5) is 23.7 Å². The van der Waals surface area contributed by atoms with Crippen LogP contribution < -0.4 is 20.9 Å². The summed E-state index contributed by atoms with van der Waals surface area (Å²) < 4.78 is 79.5. The van der Waals surface area contributed by atoms with Gasteiger partial charge in [0.25, 0.3) is 10.0 Å². The summed E-state index contributed by atoms with van der Waals surface area (Å²) in [6.07, 6.45) is -3.80. The third kappa shape index (κ3) is 6.24. The number of carbonyl (C=O) groups excluding carboxylic acids is 1. The predicted octanol–water partition coefficient (Wildman–Crippen LogP) is 2.97. The van der Waals surface area contributed by atoms with E-state index in [1.165, 1.54) is 11.8 Å². The highest BCUT2D eigenvalue weighted by Gasteiger charge is 2.34. The van der Waals surface area contributed by atoms with E-state index in [9.17, 15) is 26.4 Å². The van der Waals surface area contributed by atoms with E-state index in [0.717, 1.165) is 10.9 Å². The van der Waals surface area contributed by atoms with Crippen molar-refractivity contribution in [3.63, 3.8) is 0 Å². The molecule has 0 radical (unpaired) electrons. The van der Waals surface area contributed by atoms with Crippen LogP contribution in [0.25, 0.3) is 0 Å². The zero-order valence-electron chi connectivity index (χ0n) is 20.0. The van der Waals surface area contributed by atoms with E-state index in [1.54, 1.807) is 27.7 Å². The number of rotatable bonds is 7. The molecule has 1 atom stereocenters. The number of fused-ring (bicyclic) bond motifs is 1. The van der Waals surface area contributed by atoms with Crippen LogP contribution in [-0.2, 0) is 27.8 Å². The van der Waals surface area contributed by atoms with Gasteiger partial charge in [0.1, 0.15) is 19.3 Å². The van der Waals surface area contributed by atoms with E-state index in [1.807, 2.05) is 4.72 Å². The number of hydrogen-bond donors (Lipinski definition) is 3. The molecule has 0 fully saturated rings. The number of methoxy groups -OCH3 is 1. The number of sulfonamides is 1. The largest absolute Gasteiger partial charge is 0.474 e. The van der Waals surface area contributed by atoms with E-state index in [-0.39, 0.29) is 59.2 Å². The summed E-state index contributed by atoms with van der Waals surface area (Å²) in [6.45, 7) is 5.73. The normalized spacial score (nSPS) is 16.0. The van der Waals surface area contributed by atoms with E-state index >= 15 is 0 Å². The number of nitrogens with one attached hydrogen (secondary N) is 2. The fourth-order valence-electron chi connectivity index (χ4n) is 3.60. The number of carbonyl (C=O) groups is 1. The molecule has 0 saturated heterocycles. The summed E-state index contributed by atoms with van der Waals surface area (Å²) in [5.41, 5.74) is 0.376. The Morgan fingerprint density at radius 1 is 1.29 bits per heavy atom. The van der Waals surface area contributed by atoms with Crippen molar-refractivity contribution in [2.45, 2.75) is 69.8 Å². The molecule has 3 heterocycles. The highest BCUT2D eigenvalue weighted by molar-refractivity contribution is 7.90. The van der Waals surface area contributed by atoms with Gasteiger partial charge in [-0.1, -0.05) is 27.7 Å². The summed E-state index contributed by atoms with van der Waals surface area (Å²) in [6, 6.07) is -1.15. The third-order valence-corrected chi connectivity index (χ3v) is 6.39. The number of amides is 2. The molecule has 0 bridgehead atoms. The van der Waals surface area contributed by atoms with Crippen LogP contribution in [0.15, 0.2) is 11.1 Å². The molecule has 1 aliphatic rings. The van der Waals surface area contributed by atoms with Gasteiger partial charge in [-0.05, 0) is 11.8 Å². The van der Waals surface area contributed by atoms with Crippen molar-refractivity contribution in [3.05, 3.63) is 17.6 Å². The van der Waals surface area contributed by atoms with E-state index < -0.39 is 34.7 Å². The first-order valence-corrected chi connectivity index (χ1v) is 11.9. The zero-order chi connectivity index (χ0) is 25.4. The second-order valence-corrected chi connectivity index (χ2v) is 10.1. The van der Waals surface area contributed by atoms with Crippen LogP contribution in [0.2, 0.25) is 0 Å². The van der Waals surface area contributed by atoms with Gasteiger partial charge in [-0.15, -0.1) is 0 Å². The zero-order valence-corrected chi connectivity index (χ0v) is 20.8. The SMILES string of the molecule is COC1COc2c(S(=O)(=O)NC(=O)Nc3c(C(C)C)nn(CC(F)(F)F)c3C(C)C)cnn2C1.N. The van der Waals surface area contributed by atoms with Gasteiger partial charge in [0.15, 0.2) is 4.90 Å². The quantitative estimate of drug-likeness (QED) is 0.496. The monoisotopic (exact) mass is 525 g/mol. The molecule has 5 N–H and O–H groups in total. The smallest absolute Gasteiger partial charge is 0.408 e. The van der Waals surface area contributed by atoms with Crippen LogP contribution in [0.5, 0.6) is 5.88 Å². The molecule has 35 heavy (non-hydrogen) atoms. The highest BCUT2D eigenvalue weighted by atomic mass is 32.2. The van der Waals surface area contributed by atoms with Crippen LogP contribution in [-0.4, -0.2) is 60.0 Å². The first kappa shape index (κ1) is 28.4. The van der Waals surface area contributed by atoms with Crippen LogP contribution in [0.1, 0.15) is 50.9 Å². The Bertz CT molecular complexity index is 1160. The minimum atomic E-state index is -4.53. The molecule has 0 aliphatic carbocycles. The second kappa shape index (κ2) is 10.4. The Kier molecular flexibility index (Phi) is 8.44. The number of alkyl halides is 3. The van der Waals surface area contributed by atoms with Crippen molar-refractivity contribution in [1.29, 1.82) is 0 Å². The van der Waals surface area contributed by atoms with Crippen molar-refractivity contribution in [2.24, 2.45) is 0 Å². The molecular formula is C19H30F3N7O5S. The Morgan fingerprint density at radius 2 is 1.94 bits per heavy atom. The number of ether oxygens (including phenoxy) is 2. The second-order valence-electron chi connectivity index (χ2n) is 8.45. The van der Waals surface area contributed by atoms with E-state index in [2.05, 4.69) is 15.5 Å². The summed E-state index contributed by atoms with van der Waals surface area (Å²) in [7, 11) is -2.92. The maximum atomic E-state index is 13.1. The fourth-order valence-corrected chi connectivity index (χ4v) is 4.58. The van der Waals surface area contributed by atoms with Crippen molar-refractivity contribution in [2.75, 3.05) is 19.0 Å². The molecule has 0 spiro atoms. The lowest BCUT2D eigenvalue weighted by Gasteiger charge is -2.23. The minimum absolute atomic E-state index is 0. The Labute approximate surface area is 200 Å². The standard InChI is InChI=1S/C19H27F3N6O5S.H3N/c1-10(2)14-15(16(11(3)4)28(25-14)9-19(20,21)22)24-18(29)26-34(30,31)13-6-23-27-7-12(32-5)8-33-17(13)27;/h6,10-12H,7-9H2,1-5H3,(H2,24,26,29);1H3. The number of anilines is 1. The van der Waals surface area contributed by atoms with E-state index in [0.29, 0.717) is 0 Å². The average Bonchev–Trinajstić information content (AvgIpc) is 3.27. The fraction of sp³-hybridized carbons (Fsp3) is 0.632. The number of nitrogens with zero attached hydrogens (tertiary/aromatic N) is 4. The molecule has 0 saturated carbocycles. The lowest BCUT2D eigenvalue weighted by molar-refractivity contribution is -0.143. The van der Waals surface area contributed by atoms with Gasteiger partial charge in [0.2, 0.25) is 5.88 Å². The molecule has 16 heteroatoms. The number of halogens is 3. The first-order chi connectivity index (χ1) is 15.7. The Hall–Kier alpha value is -2.85. The molecule has 198 valence electrons. The van der Waals surface area contributed by atoms with Crippen molar-refractivity contribution >= 4 is 21.7 Å². The highest BCUT2D eigenvalue weighted by Crippen LogP contribution is 2.34. The maximum absolute atomic E-state index is 13.1. The van der Waals surface area contributed by atoms with Gasteiger partial charge >= 0.3 is 12.2 Å². The summed E-state index contributed by atoms with van der Waals surface area (Å²) in [5.74, 6) is -0.833. The predicted molar refractivity (Wildman–Crippen MR) is 119 cm³/mol. The summed E-state index contributed by atoms with van der Waals surface area (Å²) >= 11 is 0. The molecule has 1 unspecified atom stereocenters. The molecule has 2 amide bonds. The lowest BCUT2D eigenvalue weighted by atomic mass is 10.0. The average molecular weight is 526 g/mol. The molecular weight excluding hydrogens is 495 g/mol. The summed E-state index contributed by atoms with van der Waals surface area (Å²) in [5, 5.41) is 10.4. The number of aromatic nitrogens is 4. The molecule has 2 aromatic rings. The third-order valence-electron chi connectivity index (χ3n) is 5.07. The molecule has 1 aliphatic heterocycles. The van der Waals surface area contributed by atoms with Crippen molar-refractivity contribution in [3.8, 4) is 5.88 Å². The Morgan fingerprint density at radius 3 is 2.49 bits per heavy atom. The maximum Gasteiger partial charge on any atom is 0.408 e. The minimum Gasteiger partial charge on any atom is -0.474 e. The van der Waals surface area contributed by atoms with Gasteiger partial charge in [0, 0.05) is 7.11 Å². The van der Waals surface area contributed by atoms with Gasteiger partial charge in [-0.3, -0.25) is 4.68 Å². The van der Waals surface area contributed by atoms with Crippen LogP contribution in [0.3, 0.4) is 0 Å². The van der Waals surface area contributed by atoms with Gasteiger partial charge in [-0.25, -0.2) is 22.6 Å². The van der Waals surface area contributed by atoms with Gasteiger partial charge in [0.05, 0.1) is 29.8 Å². The van der Waals surface area contributed by atoms with Crippen LogP contribution >= 0.6 is 0 Å². The topological polar surface area (TPSA) is 164 Å². The van der Waals surface area contributed by atoms with E-state index in [4.69, 9.17) is 9.47 Å². The summed E-state index contributed by atoms with van der Waals surface area (Å²) in [4.78, 5) is 12.3. The lowest BCUT2D eigenvalue weighted by Crippen LogP contribution is -2.36. The molecule has 2 aromatic heterocycles. The van der Waals surface area contributed by atoms with Crippen molar-refractivity contribution in [1.82, 2.24) is 30.4 Å². The molecule has 0 aromatic carbocycles. The Balaban J connectivity index is 0.00000432. The van der Waals surface area contributed by atoms with Crippen molar-refractivity contribution < 1.29 is 35.9 Å². The number of hydrogen-bond acceptors (Lipinski definition) is 8. The number of urea groups is 1. The van der Waals surface area contributed by atoms with Gasteiger partial charge < -0.3 is 20.9 Å². The molecule has 12 nitrogen and oxygen atoms in total. The molecule has 3 rings (SSSR count).